The third-order valence-corrected chi connectivity index (χ3v) is 2.77. The summed E-state index contributed by atoms with van der Waals surface area (Å²) in [6, 6.07) is 5.57. The van der Waals surface area contributed by atoms with Gasteiger partial charge in [-0.05, 0) is 26.0 Å². The van der Waals surface area contributed by atoms with E-state index in [1.807, 2.05) is 32.0 Å². The zero-order chi connectivity index (χ0) is 11.3. The Morgan fingerprint density at radius 1 is 1.27 bits per heavy atom. The second-order valence-electron chi connectivity index (χ2n) is 2.91. The minimum atomic E-state index is -0.327. The molecule has 1 rings (SSSR count). The molecule has 0 heterocycles. The maximum atomic E-state index is 5.86. The molecule has 0 aliphatic rings. The van der Waals surface area contributed by atoms with Crippen molar-refractivity contribution < 1.29 is 9.47 Å². The summed E-state index contributed by atoms with van der Waals surface area (Å²) in [5.74, 6) is 0. The van der Waals surface area contributed by atoms with E-state index in [4.69, 9.17) is 21.1 Å². The second kappa shape index (κ2) is 6.48. The van der Waals surface area contributed by atoms with Crippen molar-refractivity contribution in [3.8, 4) is 0 Å². The fraction of sp³-hybridized carbons (Fsp3) is 0.455. The molecule has 1 aromatic rings. The van der Waals surface area contributed by atoms with Crippen LogP contribution in [0.3, 0.4) is 0 Å². The van der Waals surface area contributed by atoms with Crippen LogP contribution in [0.5, 0.6) is 0 Å². The molecule has 1 aromatic carbocycles. The lowest BCUT2D eigenvalue weighted by atomic mass is 10.2. The Labute approximate surface area is 104 Å². The van der Waals surface area contributed by atoms with Crippen LogP contribution in [0.1, 0.15) is 25.7 Å². The van der Waals surface area contributed by atoms with Gasteiger partial charge in [-0.3, -0.25) is 0 Å². The van der Waals surface area contributed by atoms with E-state index in [9.17, 15) is 0 Å². The normalized spacial score (nSPS) is 11.0. The van der Waals surface area contributed by atoms with Crippen LogP contribution >= 0.6 is 27.5 Å². The third kappa shape index (κ3) is 3.76. The van der Waals surface area contributed by atoms with Crippen LogP contribution < -0.4 is 0 Å². The first kappa shape index (κ1) is 13.0. The molecule has 0 radical (unpaired) electrons. The largest absolute Gasteiger partial charge is 0.349 e. The van der Waals surface area contributed by atoms with Crippen LogP contribution in [0.25, 0.3) is 0 Å². The van der Waals surface area contributed by atoms with Crippen LogP contribution in [0.15, 0.2) is 22.7 Å². The van der Waals surface area contributed by atoms with Gasteiger partial charge in [0.2, 0.25) is 0 Å². The van der Waals surface area contributed by atoms with Crippen LogP contribution in [-0.2, 0) is 9.47 Å². The summed E-state index contributed by atoms with van der Waals surface area (Å²) in [4.78, 5) is 0. The molecule has 0 aliphatic heterocycles. The Kier molecular flexibility index (Phi) is 5.61. The van der Waals surface area contributed by atoms with E-state index in [0.29, 0.717) is 18.2 Å². The summed E-state index contributed by atoms with van der Waals surface area (Å²) in [5, 5.41) is 0.692. The Morgan fingerprint density at radius 2 is 1.87 bits per heavy atom. The zero-order valence-corrected chi connectivity index (χ0v) is 11.1. The number of ether oxygens (including phenoxy) is 2. The number of halogens is 2. The highest BCUT2D eigenvalue weighted by atomic mass is 79.9. The Hall–Kier alpha value is -0.0900. The minimum Gasteiger partial charge on any atom is -0.349 e. The van der Waals surface area contributed by atoms with E-state index < -0.39 is 0 Å². The summed E-state index contributed by atoms with van der Waals surface area (Å²) in [7, 11) is 0. The van der Waals surface area contributed by atoms with Gasteiger partial charge in [0.15, 0.2) is 6.29 Å². The smallest absolute Gasteiger partial charge is 0.184 e. The Balaban J connectivity index is 2.89. The molecule has 0 fully saturated rings. The topological polar surface area (TPSA) is 18.5 Å². The first-order valence-electron chi connectivity index (χ1n) is 4.87. The van der Waals surface area contributed by atoms with Crippen LogP contribution in [0.4, 0.5) is 0 Å². The third-order valence-electron chi connectivity index (χ3n) is 1.85. The second-order valence-corrected chi connectivity index (χ2v) is 4.20. The zero-order valence-electron chi connectivity index (χ0n) is 8.80. The van der Waals surface area contributed by atoms with Gasteiger partial charge in [-0.2, -0.15) is 0 Å². The van der Waals surface area contributed by atoms with Crippen LogP contribution in [0.2, 0.25) is 5.02 Å². The maximum Gasteiger partial charge on any atom is 0.184 e. The lowest BCUT2D eigenvalue weighted by Crippen LogP contribution is -2.09. The number of hydrogen-bond donors (Lipinski definition) is 0. The minimum absolute atomic E-state index is 0.327. The molecule has 0 saturated heterocycles. The lowest BCUT2D eigenvalue weighted by molar-refractivity contribution is -0.140. The highest BCUT2D eigenvalue weighted by Gasteiger charge is 2.14. The molecule has 0 aliphatic carbocycles. The predicted octanol–water partition coefficient (Wildman–Crippen LogP) is 4.17. The molecule has 0 unspecified atom stereocenters. The van der Waals surface area contributed by atoms with Crippen molar-refractivity contribution in [2.24, 2.45) is 0 Å². The monoisotopic (exact) mass is 292 g/mol. The molecule has 0 aromatic heterocycles. The summed E-state index contributed by atoms with van der Waals surface area (Å²) in [6.45, 7) is 5.10. The summed E-state index contributed by atoms with van der Waals surface area (Å²) < 4.78 is 11.9. The van der Waals surface area contributed by atoms with Crippen LogP contribution in [0, 0.1) is 0 Å². The van der Waals surface area contributed by atoms with Gasteiger partial charge in [0.25, 0.3) is 0 Å². The molecule has 0 amide bonds. The molecule has 0 spiro atoms. The quantitative estimate of drug-likeness (QED) is 0.758. The molecule has 0 bridgehead atoms. The number of benzene rings is 1. The fourth-order valence-corrected chi connectivity index (χ4v) is 2.09. The van der Waals surface area contributed by atoms with E-state index in [1.165, 1.54) is 0 Å². The van der Waals surface area contributed by atoms with Gasteiger partial charge in [-0.1, -0.05) is 33.6 Å². The highest BCUT2D eigenvalue weighted by molar-refractivity contribution is 9.10. The van der Waals surface area contributed by atoms with Crippen molar-refractivity contribution >= 4 is 27.5 Å². The molecular formula is C11H14BrClO2. The van der Waals surface area contributed by atoms with Gasteiger partial charge >= 0.3 is 0 Å². The average Bonchev–Trinajstić information content (AvgIpc) is 2.17. The predicted molar refractivity (Wildman–Crippen MR) is 65.1 cm³/mol. The van der Waals surface area contributed by atoms with Gasteiger partial charge in [-0.25, -0.2) is 0 Å². The molecule has 0 atom stereocenters. The molecule has 4 heteroatoms. The molecular weight excluding hydrogens is 279 g/mol. The Bertz CT molecular complexity index is 311. The number of hydrogen-bond acceptors (Lipinski definition) is 2. The summed E-state index contributed by atoms with van der Waals surface area (Å²) >= 11 is 9.31. The van der Waals surface area contributed by atoms with Gasteiger partial charge in [0, 0.05) is 28.3 Å². The van der Waals surface area contributed by atoms with Crippen molar-refractivity contribution in [2.75, 3.05) is 13.2 Å². The van der Waals surface area contributed by atoms with Crippen molar-refractivity contribution in [3.63, 3.8) is 0 Å². The van der Waals surface area contributed by atoms with Gasteiger partial charge in [0.05, 0.1) is 0 Å². The average molecular weight is 294 g/mol. The molecule has 15 heavy (non-hydrogen) atoms. The summed E-state index contributed by atoms with van der Waals surface area (Å²) in [5.41, 5.74) is 0.961. The first-order valence-corrected chi connectivity index (χ1v) is 6.04. The molecule has 0 saturated carbocycles. The lowest BCUT2D eigenvalue weighted by Gasteiger charge is -2.18. The molecule has 0 N–H and O–H groups in total. The molecule has 2 nitrogen and oxygen atoms in total. The maximum absolute atomic E-state index is 5.86. The summed E-state index contributed by atoms with van der Waals surface area (Å²) in [6.07, 6.45) is -0.327. The Morgan fingerprint density at radius 3 is 2.33 bits per heavy atom. The van der Waals surface area contributed by atoms with Crippen molar-refractivity contribution in [1.29, 1.82) is 0 Å². The van der Waals surface area contributed by atoms with Crippen molar-refractivity contribution in [3.05, 3.63) is 33.3 Å². The van der Waals surface area contributed by atoms with Gasteiger partial charge in [0.1, 0.15) is 0 Å². The highest BCUT2D eigenvalue weighted by Crippen LogP contribution is 2.29. The van der Waals surface area contributed by atoms with E-state index >= 15 is 0 Å². The molecule has 84 valence electrons. The van der Waals surface area contributed by atoms with Crippen molar-refractivity contribution in [2.45, 2.75) is 20.1 Å². The first-order chi connectivity index (χ1) is 7.19. The van der Waals surface area contributed by atoms with E-state index in [1.54, 1.807) is 0 Å². The van der Waals surface area contributed by atoms with Gasteiger partial charge < -0.3 is 9.47 Å². The standard InChI is InChI=1S/C11H14BrClO2/c1-3-14-11(15-4-2)9-6-5-8(13)7-10(9)12/h5-7,11H,3-4H2,1-2H3. The van der Waals surface area contributed by atoms with Crippen molar-refractivity contribution in [1.82, 2.24) is 0 Å². The van der Waals surface area contributed by atoms with Gasteiger partial charge in [-0.15, -0.1) is 0 Å². The SMILES string of the molecule is CCOC(OCC)c1ccc(Cl)cc1Br. The number of rotatable bonds is 5. The fourth-order valence-electron chi connectivity index (χ4n) is 1.22. The van der Waals surface area contributed by atoms with E-state index in [2.05, 4.69) is 15.9 Å². The van der Waals surface area contributed by atoms with E-state index in [-0.39, 0.29) is 6.29 Å². The van der Waals surface area contributed by atoms with Crippen LogP contribution in [-0.4, -0.2) is 13.2 Å². The van der Waals surface area contributed by atoms with E-state index in [0.717, 1.165) is 10.0 Å².